The molecule has 0 radical (unpaired) electrons. The first-order valence-corrected chi connectivity index (χ1v) is 8.83. The smallest absolute Gasteiger partial charge is 0.313 e. The largest absolute Gasteiger partial charge is 0.493 e. The molecule has 0 spiro atoms. The zero-order valence-corrected chi connectivity index (χ0v) is 15.0. The third-order valence-corrected chi connectivity index (χ3v) is 4.20. The van der Waals surface area contributed by atoms with Gasteiger partial charge < -0.3 is 25.2 Å². The molecule has 142 valence electrons. The summed E-state index contributed by atoms with van der Waals surface area (Å²) >= 11 is 0. The Kier molecular flexibility index (Phi) is 5.93. The zero-order chi connectivity index (χ0) is 19.2. The van der Waals surface area contributed by atoms with Gasteiger partial charge in [-0.25, -0.2) is 0 Å². The van der Waals surface area contributed by atoms with E-state index in [9.17, 15) is 14.7 Å². The number of aliphatic hydroxyl groups is 1. The molecule has 1 aliphatic rings. The van der Waals surface area contributed by atoms with Gasteiger partial charge in [-0.3, -0.25) is 9.59 Å². The third-order valence-electron chi connectivity index (χ3n) is 4.20. The number of hydrogen-bond donors (Lipinski definition) is 3. The quantitative estimate of drug-likeness (QED) is 0.674. The van der Waals surface area contributed by atoms with Gasteiger partial charge in [0.25, 0.3) is 0 Å². The number of para-hydroxylation sites is 2. The highest BCUT2D eigenvalue weighted by atomic mass is 16.5. The minimum absolute atomic E-state index is 0.0704. The highest BCUT2D eigenvalue weighted by molar-refractivity contribution is 6.39. The summed E-state index contributed by atoms with van der Waals surface area (Å²) < 4.78 is 10.8. The molecule has 1 atom stereocenters. The third kappa shape index (κ3) is 4.57. The molecule has 0 fully saturated rings. The van der Waals surface area contributed by atoms with Crippen LogP contribution in [0.15, 0.2) is 42.5 Å². The van der Waals surface area contributed by atoms with Crippen LogP contribution in [-0.2, 0) is 16.0 Å². The molecule has 7 nitrogen and oxygen atoms in total. The molecule has 0 bridgehead atoms. The molecule has 0 saturated carbocycles. The lowest BCUT2D eigenvalue weighted by Gasteiger charge is -2.14. The molecular weight excluding hydrogens is 348 g/mol. The van der Waals surface area contributed by atoms with Crippen LogP contribution in [0.4, 0.5) is 5.69 Å². The highest BCUT2D eigenvalue weighted by Gasteiger charge is 2.19. The average Bonchev–Trinajstić information content (AvgIpc) is 3.15. The molecule has 1 unspecified atom stereocenters. The van der Waals surface area contributed by atoms with E-state index in [2.05, 4.69) is 10.6 Å². The molecular formula is C20H22N2O5. The predicted octanol–water partition coefficient (Wildman–Crippen LogP) is 1.81. The Balaban J connectivity index is 1.55. The van der Waals surface area contributed by atoms with Crippen molar-refractivity contribution in [3.63, 3.8) is 0 Å². The van der Waals surface area contributed by atoms with Gasteiger partial charge in [0.15, 0.2) is 0 Å². The maximum Gasteiger partial charge on any atom is 0.313 e. The molecule has 7 heteroatoms. The van der Waals surface area contributed by atoms with Crippen molar-refractivity contribution in [2.24, 2.45) is 0 Å². The fraction of sp³-hybridized carbons (Fsp3) is 0.300. The van der Waals surface area contributed by atoms with Crippen LogP contribution in [0.3, 0.4) is 0 Å². The van der Waals surface area contributed by atoms with Crippen molar-refractivity contribution in [3.8, 4) is 11.5 Å². The highest BCUT2D eigenvalue weighted by Crippen LogP contribution is 2.28. The summed E-state index contributed by atoms with van der Waals surface area (Å²) in [6.07, 6.45) is -0.118. The molecule has 1 heterocycles. The van der Waals surface area contributed by atoms with E-state index in [0.717, 1.165) is 17.7 Å². The number of carbonyl (C=O) groups is 2. The normalized spacial score (nSPS) is 13.3. The van der Waals surface area contributed by atoms with E-state index in [4.69, 9.17) is 9.47 Å². The van der Waals surface area contributed by atoms with Gasteiger partial charge in [-0.05, 0) is 42.3 Å². The second-order valence-electron chi connectivity index (χ2n) is 6.07. The zero-order valence-electron chi connectivity index (χ0n) is 15.0. The Bertz CT molecular complexity index is 837. The topological polar surface area (TPSA) is 96.9 Å². The van der Waals surface area contributed by atoms with Crippen LogP contribution in [0.2, 0.25) is 0 Å². The molecule has 0 aliphatic carbocycles. The van der Waals surface area contributed by atoms with Gasteiger partial charge in [-0.2, -0.15) is 0 Å². The lowest BCUT2D eigenvalue weighted by atomic mass is 10.0. The lowest BCUT2D eigenvalue weighted by molar-refractivity contribution is -0.136. The Morgan fingerprint density at radius 2 is 2.04 bits per heavy atom. The number of nitrogens with one attached hydrogen (secondary N) is 2. The fourth-order valence-electron chi connectivity index (χ4n) is 2.83. The number of rotatable bonds is 6. The SMILES string of the molecule is CCOc1ccccc1NC(=O)C(=O)NCC(O)c1ccc2c(c1)CCO2. The summed E-state index contributed by atoms with van der Waals surface area (Å²) in [4.78, 5) is 24.1. The molecule has 2 amide bonds. The number of anilines is 1. The van der Waals surface area contributed by atoms with Crippen molar-refractivity contribution in [2.45, 2.75) is 19.4 Å². The summed E-state index contributed by atoms with van der Waals surface area (Å²) in [5.74, 6) is -0.342. The first-order chi connectivity index (χ1) is 13.1. The van der Waals surface area contributed by atoms with E-state index in [1.165, 1.54) is 0 Å². The summed E-state index contributed by atoms with van der Waals surface area (Å²) in [6.45, 7) is 2.84. The monoisotopic (exact) mass is 370 g/mol. The molecule has 2 aromatic carbocycles. The molecule has 3 N–H and O–H groups in total. The predicted molar refractivity (Wildman–Crippen MR) is 99.9 cm³/mol. The van der Waals surface area contributed by atoms with Crippen LogP contribution >= 0.6 is 0 Å². The fourth-order valence-corrected chi connectivity index (χ4v) is 2.83. The van der Waals surface area contributed by atoms with Gasteiger partial charge >= 0.3 is 11.8 Å². The van der Waals surface area contributed by atoms with E-state index >= 15 is 0 Å². The van der Waals surface area contributed by atoms with Crippen molar-refractivity contribution in [1.82, 2.24) is 5.32 Å². The Labute approximate surface area is 157 Å². The van der Waals surface area contributed by atoms with Gasteiger partial charge in [0.1, 0.15) is 11.5 Å². The summed E-state index contributed by atoms with van der Waals surface area (Å²) in [5, 5.41) is 15.2. The number of aliphatic hydroxyl groups excluding tert-OH is 1. The molecule has 2 aromatic rings. The van der Waals surface area contributed by atoms with Crippen LogP contribution in [-0.4, -0.2) is 36.7 Å². The minimum Gasteiger partial charge on any atom is -0.493 e. The molecule has 27 heavy (non-hydrogen) atoms. The van der Waals surface area contributed by atoms with E-state index in [1.54, 1.807) is 36.4 Å². The van der Waals surface area contributed by atoms with E-state index in [-0.39, 0.29) is 6.54 Å². The molecule has 3 rings (SSSR count). The number of carbonyl (C=O) groups excluding carboxylic acids is 2. The van der Waals surface area contributed by atoms with E-state index in [1.807, 2.05) is 13.0 Å². The van der Waals surface area contributed by atoms with Crippen LogP contribution in [0.25, 0.3) is 0 Å². The van der Waals surface area contributed by atoms with Crippen LogP contribution in [0.1, 0.15) is 24.2 Å². The van der Waals surface area contributed by atoms with Crippen molar-refractivity contribution in [3.05, 3.63) is 53.6 Å². The lowest BCUT2D eigenvalue weighted by Crippen LogP contribution is -2.37. The van der Waals surface area contributed by atoms with E-state index in [0.29, 0.717) is 30.2 Å². The van der Waals surface area contributed by atoms with Gasteiger partial charge in [0.05, 0.1) is 25.0 Å². The summed E-state index contributed by atoms with van der Waals surface area (Å²) in [5.41, 5.74) is 2.11. The van der Waals surface area contributed by atoms with Gasteiger partial charge in [-0.15, -0.1) is 0 Å². The summed E-state index contributed by atoms with van der Waals surface area (Å²) in [7, 11) is 0. The number of amides is 2. The molecule has 0 saturated heterocycles. The first kappa shape index (κ1) is 18.7. The molecule has 1 aliphatic heterocycles. The van der Waals surface area contributed by atoms with Crippen molar-refractivity contribution >= 4 is 17.5 Å². The standard InChI is InChI=1S/C20H22N2O5/c1-2-26-18-6-4-3-5-15(18)22-20(25)19(24)21-12-16(23)13-7-8-17-14(11-13)9-10-27-17/h3-8,11,16,23H,2,9-10,12H2,1H3,(H,21,24)(H,22,25). The van der Waals surface area contributed by atoms with Crippen molar-refractivity contribution in [2.75, 3.05) is 25.1 Å². The van der Waals surface area contributed by atoms with Gasteiger partial charge in [0, 0.05) is 13.0 Å². The second-order valence-corrected chi connectivity index (χ2v) is 6.07. The minimum atomic E-state index is -0.914. The van der Waals surface area contributed by atoms with E-state index < -0.39 is 17.9 Å². The van der Waals surface area contributed by atoms with Crippen molar-refractivity contribution < 1.29 is 24.2 Å². The maximum atomic E-state index is 12.1. The van der Waals surface area contributed by atoms with Gasteiger partial charge in [0.2, 0.25) is 0 Å². The Morgan fingerprint density at radius 1 is 1.22 bits per heavy atom. The number of hydrogen-bond acceptors (Lipinski definition) is 5. The summed E-state index contributed by atoms with van der Waals surface area (Å²) in [6, 6.07) is 12.3. The number of benzene rings is 2. The second kappa shape index (κ2) is 8.55. The van der Waals surface area contributed by atoms with Crippen LogP contribution in [0.5, 0.6) is 11.5 Å². The van der Waals surface area contributed by atoms with Crippen LogP contribution < -0.4 is 20.1 Å². The molecule has 0 aromatic heterocycles. The average molecular weight is 370 g/mol. The van der Waals surface area contributed by atoms with Crippen molar-refractivity contribution in [1.29, 1.82) is 0 Å². The van der Waals surface area contributed by atoms with Crippen LogP contribution in [0, 0.1) is 0 Å². The van der Waals surface area contributed by atoms with Gasteiger partial charge in [-0.1, -0.05) is 18.2 Å². The number of fused-ring (bicyclic) bond motifs is 1. The maximum absolute atomic E-state index is 12.1. The Morgan fingerprint density at radius 3 is 2.85 bits per heavy atom. The number of ether oxygens (including phenoxy) is 2. The Hall–Kier alpha value is -3.06. The first-order valence-electron chi connectivity index (χ1n) is 8.83.